The van der Waals surface area contributed by atoms with Crippen LogP contribution in [0.1, 0.15) is 35.9 Å². The van der Waals surface area contributed by atoms with Gasteiger partial charge in [-0.15, -0.1) is 6.58 Å². The lowest BCUT2D eigenvalue weighted by atomic mass is 9.79. The van der Waals surface area contributed by atoms with Gasteiger partial charge in [0, 0.05) is 18.1 Å². The van der Waals surface area contributed by atoms with Crippen molar-refractivity contribution >= 4 is 5.97 Å². The Morgan fingerprint density at radius 1 is 1.11 bits per heavy atom. The number of benzene rings is 2. The van der Waals surface area contributed by atoms with E-state index in [2.05, 4.69) is 6.58 Å². The van der Waals surface area contributed by atoms with Crippen molar-refractivity contribution in [1.29, 1.82) is 0 Å². The molecule has 0 amide bonds. The first-order chi connectivity index (χ1) is 12.8. The van der Waals surface area contributed by atoms with Crippen molar-refractivity contribution in [3.05, 3.63) is 66.0 Å². The summed E-state index contributed by atoms with van der Waals surface area (Å²) in [4.78, 5) is 12.0. The minimum absolute atomic E-state index is 0.362. The molecule has 27 heavy (non-hydrogen) atoms. The largest absolute Gasteiger partial charge is 0.497 e. The highest BCUT2D eigenvalue weighted by Crippen LogP contribution is 2.42. The van der Waals surface area contributed by atoms with Crippen molar-refractivity contribution in [2.24, 2.45) is 5.41 Å². The van der Waals surface area contributed by atoms with Gasteiger partial charge in [0.2, 0.25) is 0 Å². The summed E-state index contributed by atoms with van der Waals surface area (Å²) in [6.07, 6.45) is 1.32. The highest BCUT2D eigenvalue weighted by molar-refractivity contribution is 5.90. The number of hydrogen-bond donors (Lipinski definition) is 0. The molecule has 2 rings (SSSR count). The third-order valence-corrected chi connectivity index (χ3v) is 4.66. The Balaban J connectivity index is 2.78. The SMILES string of the molecule is C=CC(C)(C)C(OC)c1cc(C(=O)OC)ccc1-c1cc(OC)ccc1F. The standard InChI is InChI=1S/C22H25FO4/c1-7-22(2,3)20(26-5)18-12-14(21(24)27-6)8-10-16(18)17-13-15(25-4)9-11-19(17)23/h7-13,20H,1H2,2-6H3. The van der Waals surface area contributed by atoms with Crippen LogP contribution in [0.3, 0.4) is 0 Å². The number of carbonyl (C=O) groups excluding carboxylic acids is 1. The van der Waals surface area contributed by atoms with E-state index in [4.69, 9.17) is 14.2 Å². The maximum absolute atomic E-state index is 14.6. The summed E-state index contributed by atoms with van der Waals surface area (Å²) in [6.45, 7) is 7.81. The number of esters is 1. The fraction of sp³-hybridized carbons (Fsp3) is 0.318. The summed E-state index contributed by atoms with van der Waals surface area (Å²) >= 11 is 0. The zero-order chi connectivity index (χ0) is 20.2. The lowest BCUT2D eigenvalue weighted by molar-refractivity contribution is 0.0305. The van der Waals surface area contributed by atoms with Crippen LogP contribution in [0.5, 0.6) is 5.75 Å². The van der Waals surface area contributed by atoms with Crippen LogP contribution in [-0.4, -0.2) is 27.3 Å². The van der Waals surface area contributed by atoms with E-state index in [0.717, 1.165) is 0 Å². The summed E-state index contributed by atoms with van der Waals surface area (Å²) in [7, 11) is 4.42. The number of rotatable bonds is 7. The molecule has 0 radical (unpaired) electrons. The maximum Gasteiger partial charge on any atom is 0.337 e. The topological polar surface area (TPSA) is 44.8 Å². The van der Waals surface area contributed by atoms with Crippen molar-refractivity contribution in [1.82, 2.24) is 0 Å². The molecule has 0 saturated carbocycles. The molecule has 144 valence electrons. The molecule has 1 atom stereocenters. The minimum atomic E-state index is -0.472. The van der Waals surface area contributed by atoms with Crippen LogP contribution >= 0.6 is 0 Å². The molecule has 4 nitrogen and oxygen atoms in total. The molecule has 0 fully saturated rings. The second-order valence-electron chi connectivity index (χ2n) is 6.78. The van der Waals surface area contributed by atoms with E-state index >= 15 is 0 Å². The van der Waals surface area contributed by atoms with Gasteiger partial charge in [0.25, 0.3) is 0 Å². The maximum atomic E-state index is 14.6. The van der Waals surface area contributed by atoms with Gasteiger partial charge in [-0.25, -0.2) is 9.18 Å². The fourth-order valence-electron chi connectivity index (χ4n) is 3.05. The molecule has 0 N–H and O–H groups in total. The summed E-state index contributed by atoms with van der Waals surface area (Å²) in [6, 6.07) is 9.52. The van der Waals surface area contributed by atoms with Crippen molar-refractivity contribution in [2.75, 3.05) is 21.3 Å². The number of hydrogen-bond acceptors (Lipinski definition) is 4. The van der Waals surface area contributed by atoms with Gasteiger partial charge in [-0.3, -0.25) is 0 Å². The predicted octanol–water partition coefficient (Wildman–Crippen LogP) is 5.19. The van der Waals surface area contributed by atoms with Crippen LogP contribution in [0.2, 0.25) is 0 Å². The molecule has 0 heterocycles. The van der Waals surface area contributed by atoms with Gasteiger partial charge >= 0.3 is 5.97 Å². The van der Waals surface area contributed by atoms with E-state index in [1.165, 1.54) is 20.3 Å². The number of methoxy groups -OCH3 is 3. The van der Waals surface area contributed by atoms with Crippen LogP contribution in [0.4, 0.5) is 4.39 Å². The van der Waals surface area contributed by atoms with E-state index < -0.39 is 23.3 Å². The number of carbonyl (C=O) groups is 1. The fourth-order valence-corrected chi connectivity index (χ4v) is 3.05. The van der Waals surface area contributed by atoms with E-state index in [1.54, 1.807) is 43.5 Å². The van der Waals surface area contributed by atoms with Gasteiger partial charge in [0.1, 0.15) is 11.6 Å². The molecule has 0 bridgehead atoms. The normalized spacial score (nSPS) is 12.4. The third-order valence-electron chi connectivity index (χ3n) is 4.66. The second-order valence-corrected chi connectivity index (χ2v) is 6.78. The summed E-state index contributed by atoms with van der Waals surface area (Å²) in [5.41, 5.74) is 1.54. The van der Waals surface area contributed by atoms with Gasteiger partial charge in [0.05, 0.1) is 25.9 Å². The predicted molar refractivity (Wildman–Crippen MR) is 103 cm³/mol. The van der Waals surface area contributed by atoms with Crippen LogP contribution in [0.15, 0.2) is 49.1 Å². The molecular formula is C22H25FO4. The summed E-state index contributed by atoms with van der Waals surface area (Å²) in [5, 5.41) is 0. The molecule has 5 heteroatoms. The van der Waals surface area contributed by atoms with Crippen molar-refractivity contribution in [3.63, 3.8) is 0 Å². The summed E-state index contributed by atoms with van der Waals surface area (Å²) < 4.78 is 30.4. The Kier molecular flexibility index (Phi) is 6.39. The van der Waals surface area contributed by atoms with Crippen molar-refractivity contribution in [3.8, 4) is 16.9 Å². The van der Waals surface area contributed by atoms with Gasteiger partial charge in [0.15, 0.2) is 0 Å². The molecule has 0 aliphatic heterocycles. The Labute approximate surface area is 159 Å². The van der Waals surface area contributed by atoms with Crippen LogP contribution in [0, 0.1) is 11.2 Å². The zero-order valence-corrected chi connectivity index (χ0v) is 16.3. The molecule has 2 aromatic rings. The summed E-state index contributed by atoms with van der Waals surface area (Å²) in [5.74, 6) is -0.333. The minimum Gasteiger partial charge on any atom is -0.497 e. The first-order valence-corrected chi connectivity index (χ1v) is 8.51. The molecule has 1 unspecified atom stereocenters. The van der Waals surface area contributed by atoms with E-state index in [0.29, 0.717) is 28.0 Å². The lowest BCUT2D eigenvalue weighted by Gasteiger charge is -2.32. The first kappa shape index (κ1) is 20.6. The lowest BCUT2D eigenvalue weighted by Crippen LogP contribution is -2.22. The smallest absolute Gasteiger partial charge is 0.337 e. The highest BCUT2D eigenvalue weighted by Gasteiger charge is 2.31. The molecule has 0 spiro atoms. The van der Waals surface area contributed by atoms with Gasteiger partial charge in [-0.2, -0.15) is 0 Å². The first-order valence-electron chi connectivity index (χ1n) is 8.51. The van der Waals surface area contributed by atoms with Crippen molar-refractivity contribution < 1.29 is 23.4 Å². The molecule has 2 aromatic carbocycles. The number of ether oxygens (including phenoxy) is 3. The van der Waals surface area contributed by atoms with E-state index in [-0.39, 0.29) is 0 Å². The average molecular weight is 372 g/mol. The molecular weight excluding hydrogens is 347 g/mol. The van der Waals surface area contributed by atoms with Crippen LogP contribution in [-0.2, 0) is 9.47 Å². The Morgan fingerprint density at radius 3 is 2.37 bits per heavy atom. The molecule has 0 aliphatic carbocycles. The Morgan fingerprint density at radius 2 is 1.81 bits per heavy atom. The third kappa shape index (κ3) is 4.19. The van der Waals surface area contributed by atoms with Gasteiger partial charge in [-0.1, -0.05) is 26.0 Å². The molecule has 0 aliphatic rings. The van der Waals surface area contributed by atoms with Gasteiger partial charge < -0.3 is 14.2 Å². The number of halogens is 1. The average Bonchev–Trinajstić information content (AvgIpc) is 2.68. The highest BCUT2D eigenvalue weighted by atomic mass is 19.1. The monoisotopic (exact) mass is 372 g/mol. The van der Waals surface area contributed by atoms with Crippen LogP contribution in [0.25, 0.3) is 11.1 Å². The van der Waals surface area contributed by atoms with E-state index in [9.17, 15) is 9.18 Å². The van der Waals surface area contributed by atoms with Crippen LogP contribution < -0.4 is 4.74 Å². The van der Waals surface area contributed by atoms with Crippen molar-refractivity contribution in [2.45, 2.75) is 20.0 Å². The van der Waals surface area contributed by atoms with Gasteiger partial charge in [-0.05, 0) is 41.5 Å². The van der Waals surface area contributed by atoms with E-state index in [1.807, 2.05) is 13.8 Å². The zero-order valence-electron chi connectivity index (χ0n) is 16.3. The second kappa shape index (κ2) is 8.35. The molecule has 0 aromatic heterocycles. The quantitative estimate of drug-likeness (QED) is 0.496. The molecule has 0 saturated heterocycles. The Bertz CT molecular complexity index is 842. The Hall–Kier alpha value is -2.66.